The van der Waals surface area contributed by atoms with Gasteiger partial charge >= 0.3 is 0 Å². The van der Waals surface area contributed by atoms with Crippen LogP contribution in [0.25, 0.3) is 0 Å². The van der Waals surface area contributed by atoms with E-state index >= 15 is 0 Å². The van der Waals surface area contributed by atoms with Crippen molar-refractivity contribution < 1.29 is 0 Å². The van der Waals surface area contributed by atoms with Crippen molar-refractivity contribution in [2.24, 2.45) is 7.05 Å². The van der Waals surface area contributed by atoms with Gasteiger partial charge in [0.25, 0.3) is 0 Å². The lowest BCUT2D eigenvalue weighted by atomic mass is 10.0. The number of aromatic nitrogens is 2. The number of halogens is 1. The van der Waals surface area contributed by atoms with Crippen LogP contribution in [-0.2, 0) is 13.5 Å². The summed E-state index contributed by atoms with van der Waals surface area (Å²) in [5, 5.41) is 8.01. The third-order valence-corrected chi connectivity index (χ3v) is 4.34. The van der Waals surface area contributed by atoms with E-state index in [1.807, 2.05) is 18.7 Å². The fourth-order valence-electron chi connectivity index (χ4n) is 2.33. The van der Waals surface area contributed by atoms with Crippen molar-refractivity contribution in [3.8, 4) is 0 Å². The maximum absolute atomic E-state index is 4.46. The van der Waals surface area contributed by atoms with Crippen LogP contribution in [0.1, 0.15) is 29.9 Å². The van der Waals surface area contributed by atoms with Gasteiger partial charge in [-0.15, -0.1) is 0 Å². The van der Waals surface area contributed by atoms with Crippen LogP contribution in [0.2, 0.25) is 0 Å². The number of hydrogen-bond acceptors (Lipinski definition) is 2. The Kier molecular flexibility index (Phi) is 4.77. The summed E-state index contributed by atoms with van der Waals surface area (Å²) < 4.78 is 3.08. The highest BCUT2D eigenvalue weighted by Gasteiger charge is 2.17. The topological polar surface area (TPSA) is 29.9 Å². The molecule has 0 saturated heterocycles. The molecule has 1 aromatic carbocycles. The van der Waals surface area contributed by atoms with Gasteiger partial charge in [-0.1, -0.05) is 37.3 Å². The molecule has 4 heteroatoms. The average Bonchev–Trinajstić information content (AvgIpc) is 2.65. The normalized spacial score (nSPS) is 12.6. The van der Waals surface area contributed by atoms with E-state index in [-0.39, 0.29) is 0 Å². The van der Waals surface area contributed by atoms with Gasteiger partial charge in [-0.05, 0) is 35.0 Å². The van der Waals surface area contributed by atoms with Gasteiger partial charge in [-0.3, -0.25) is 4.68 Å². The maximum atomic E-state index is 4.46. The van der Waals surface area contributed by atoms with Crippen molar-refractivity contribution in [3.63, 3.8) is 0 Å². The molecule has 0 radical (unpaired) electrons. The zero-order valence-corrected chi connectivity index (χ0v) is 13.2. The first-order chi connectivity index (χ1) is 9.13. The van der Waals surface area contributed by atoms with Crippen molar-refractivity contribution in [2.75, 3.05) is 6.54 Å². The van der Waals surface area contributed by atoms with Gasteiger partial charge in [0, 0.05) is 19.5 Å². The summed E-state index contributed by atoms with van der Waals surface area (Å²) in [6, 6.07) is 10.9. The van der Waals surface area contributed by atoms with E-state index in [1.54, 1.807) is 0 Å². The number of aryl methyl sites for hydroxylation is 2. The first-order valence-corrected chi connectivity index (χ1v) is 7.39. The minimum Gasteiger partial charge on any atom is -0.310 e. The van der Waals surface area contributed by atoms with Gasteiger partial charge in [0.1, 0.15) is 0 Å². The number of likely N-dealkylation sites (N-methyl/N-ethyl adjacent to an activating group) is 1. The highest BCUT2D eigenvalue weighted by Crippen LogP contribution is 2.25. The molecule has 0 aliphatic heterocycles. The molecule has 2 aromatic rings. The fraction of sp³-hybridized carbons (Fsp3) is 0.400. The second-order valence-corrected chi connectivity index (χ2v) is 5.49. The Balaban J connectivity index is 2.26. The monoisotopic (exact) mass is 321 g/mol. The number of benzene rings is 1. The molecule has 19 heavy (non-hydrogen) atoms. The van der Waals surface area contributed by atoms with Crippen LogP contribution in [-0.4, -0.2) is 16.3 Å². The Hall–Kier alpha value is -1.13. The lowest BCUT2D eigenvalue weighted by Gasteiger charge is -2.18. The molecule has 3 nitrogen and oxygen atoms in total. The highest BCUT2D eigenvalue weighted by atomic mass is 79.9. The Morgan fingerprint density at radius 2 is 2.00 bits per heavy atom. The quantitative estimate of drug-likeness (QED) is 0.914. The van der Waals surface area contributed by atoms with E-state index in [1.165, 1.54) is 11.3 Å². The average molecular weight is 322 g/mol. The molecule has 0 saturated carbocycles. The standard InChI is InChI=1S/C15H20BrN3/c1-4-17-13(12-8-6-5-7-9-12)10-14-15(16)11(2)18-19(14)3/h5-9,13,17H,4,10H2,1-3H3. The number of rotatable bonds is 5. The zero-order chi connectivity index (χ0) is 13.8. The van der Waals surface area contributed by atoms with Crippen LogP contribution in [0.5, 0.6) is 0 Å². The van der Waals surface area contributed by atoms with Gasteiger partial charge in [-0.25, -0.2) is 0 Å². The van der Waals surface area contributed by atoms with Crippen LogP contribution in [0.3, 0.4) is 0 Å². The largest absolute Gasteiger partial charge is 0.310 e. The molecule has 1 N–H and O–H groups in total. The van der Waals surface area contributed by atoms with Crippen LogP contribution < -0.4 is 5.32 Å². The zero-order valence-electron chi connectivity index (χ0n) is 11.7. The summed E-state index contributed by atoms with van der Waals surface area (Å²) in [6.45, 7) is 5.12. The van der Waals surface area contributed by atoms with E-state index < -0.39 is 0 Å². The maximum Gasteiger partial charge on any atom is 0.0738 e. The summed E-state index contributed by atoms with van der Waals surface area (Å²) in [5.74, 6) is 0. The van der Waals surface area contributed by atoms with Crippen LogP contribution in [0.4, 0.5) is 0 Å². The van der Waals surface area contributed by atoms with Gasteiger partial charge in [0.15, 0.2) is 0 Å². The summed E-state index contributed by atoms with van der Waals surface area (Å²) in [6.07, 6.45) is 0.926. The molecular formula is C15H20BrN3. The van der Waals surface area contributed by atoms with E-state index in [4.69, 9.17) is 0 Å². The molecule has 0 spiro atoms. The minimum absolute atomic E-state index is 0.317. The van der Waals surface area contributed by atoms with E-state index in [9.17, 15) is 0 Å². The van der Waals surface area contributed by atoms with E-state index in [0.29, 0.717) is 6.04 Å². The fourth-order valence-corrected chi connectivity index (χ4v) is 2.83. The summed E-state index contributed by atoms with van der Waals surface area (Å²) in [4.78, 5) is 0. The molecule has 102 valence electrons. The highest BCUT2D eigenvalue weighted by molar-refractivity contribution is 9.10. The van der Waals surface area contributed by atoms with Crippen LogP contribution >= 0.6 is 15.9 Å². The molecule has 0 aliphatic rings. The second kappa shape index (κ2) is 6.35. The molecule has 0 fully saturated rings. The Bertz CT molecular complexity index is 534. The number of nitrogens with one attached hydrogen (secondary N) is 1. The van der Waals surface area contributed by atoms with Crippen molar-refractivity contribution in [2.45, 2.75) is 26.3 Å². The van der Waals surface area contributed by atoms with Gasteiger partial charge in [0.2, 0.25) is 0 Å². The van der Waals surface area contributed by atoms with Crippen molar-refractivity contribution in [1.82, 2.24) is 15.1 Å². The summed E-state index contributed by atoms with van der Waals surface area (Å²) in [5.41, 5.74) is 3.59. The van der Waals surface area contributed by atoms with Crippen molar-refractivity contribution >= 4 is 15.9 Å². The van der Waals surface area contributed by atoms with Gasteiger partial charge in [-0.2, -0.15) is 5.10 Å². The molecular weight excluding hydrogens is 302 g/mol. The molecule has 1 atom stereocenters. The van der Waals surface area contributed by atoms with Gasteiger partial charge in [0.05, 0.1) is 15.9 Å². The third kappa shape index (κ3) is 3.25. The molecule has 0 amide bonds. The Labute approximate surface area is 123 Å². The smallest absolute Gasteiger partial charge is 0.0738 e. The number of nitrogens with zero attached hydrogens (tertiary/aromatic N) is 2. The second-order valence-electron chi connectivity index (χ2n) is 4.69. The van der Waals surface area contributed by atoms with Crippen molar-refractivity contribution in [1.29, 1.82) is 0 Å². The first kappa shape index (κ1) is 14.3. The SMILES string of the molecule is CCNC(Cc1c(Br)c(C)nn1C)c1ccccc1. The predicted octanol–water partition coefficient (Wildman–Crippen LogP) is 3.38. The van der Waals surface area contributed by atoms with Crippen LogP contribution in [0.15, 0.2) is 34.8 Å². The van der Waals surface area contributed by atoms with Gasteiger partial charge < -0.3 is 5.32 Å². The predicted molar refractivity (Wildman–Crippen MR) is 82.2 cm³/mol. The molecule has 0 aliphatic carbocycles. The summed E-state index contributed by atoms with van der Waals surface area (Å²) >= 11 is 3.64. The number of hydrogen-bond donors (Lipinski definition) is 1. The molecule has 2 rings (SSSR count). The Morgan fingerprint density at radius 1 is 1.32 bits per heavy atom. The third-order valence-electron chi connectivity index (χ3n) is 3.31. The first-order valence-electron chi connectivity index (χ1n) is 6.59. The van der Waals surface area contributed by atoms with Crippen LogP contribution in [0, 0.1) is 6.92 Å². The van der Waals surface area contributed by atoms with E-state index in [0.717, 1.165) is 23.1 Å². The van der Waals surface area contributed by atoms with E-state index in [2.05, 4.69) is 63.6 Å². The molecule has 1 heterocycles. The molecule has 1 unspecified atom stereocenters. The molecule has 1 aromatic heterocycles. The van der Waals surface area contributed by atoms with Crippen molar-refractivity contribution in [3.05, 3.63) is 51.8 Å². The lowest BCUT2D eigenvalue weighted by molar-refractivity contribution is 0.528. The lowest BCUT2D eigenvalue weighted by Crippen LogP contribution is -2.24. The Morgan fingerprint density at radius 3 is 2.53 bits per heavy atom. The minimum atomic E-state index is 0.317. The molecule has 0 bridgehead atoms. The summed E-state index contributed by atoms with van der Waals surface area (Å²) in [7, 11) is 2.00.